The van der Waals surface area contributed by atoms with Crippen LogP contribution in [0.1, 0.15) is 44.7 Å². The third kappa shape index (κ3) is 4.71. The first kappa shape index (κ1) is 18.0. The fourth-order valence-corrected chi connectivity index (χ4v) is 2.11. The summed E-state index contributed by atoms with van der Waals surface area (Å²) in [7, 11) is 0. The molecule has 0 aliphatic rings. The van der Waals surface area contributed by atoms with E-state index in [1.807, 2.05) is 0 Å². The highest BCUT2D eigenvalue weighted by atomic mass is 32.2. The zero-order chi connectivity index (χ0) is 16.4. The Balaban J connectivity index is 3.04. The van der Waals surface area contributed by atoms with Crippen molar-refractivity contribution in [3.05, 3.63) is 35.1 Å². The summed E-state index contributed by atoms with van der Waals surface area (Å²) < 4.78 is 66.8. The maximum absolute atomic E-state index is 13.9. The molecule has 0 heterocycles. The van der Waals surface area contributed by atoms with Crippen LogP contribution in [0.25, 0.3) is 0 Å². The SMILES string of the molecule is CC(C=N[S+]([O-])C(C)(C)C)c1cccc(C(F)(F)F)c1F. The Bertz CT molecular complexity index is 523. The van der Waals surface area contributed by atoms with Crippen LogP contribution in [0.3, 0.4) is 0 Å². The van der Waals surface area contributed by atoms with E-state index in [4.69, 9.17) is 0 Å². The van der Waals surface area contributed by atoms with Crippen LogP contribution < -0.4 is 0 Å². The molecule has 21 heavy (non-hydrogen) atoms. The van der Waals surface area contributed by atoms with Crippen LogP contribution in [-0.4, -0.2) is 15.5 Å². The quantitative estimate of drug-likeness (QED) is 0.459. The van der Waals surface area contributed by atoms with Gasteiger partial charge in [-0.2, -0.15) is 13.2 Å². The first-order valence-electron chi connectivity index (χ1n) is 6.26. The minimum atomic E-state index is -4.74. The molecule has 0 aliphatic carbocycles. The Kier molecular flexibility index (Phi) is 5.44. The van der Waals surface area contributed by atoms with Gasteiger partial charge in [-0.15, -0.1) is 0 Å². The molecule has 2 atom stereocenters. The molecule has 1 aromatic rings. The van der Waals surface area contributed by atoms with Crippen LogP contribution >= 0.6 is 0 Å². The third-order valence-electron chi connectivity index (χ3n) is 2.73. The van der Waals surface area contributed by atoms with Crippen molar-refractivity contribution in [2.45, 2.75) is 44.5 Å². The fourth-order valence-electron chi connectivity index (χ4n) is 1.51. The lowest BCUT2D eigenvalue weighted by molar-refractivity contribution is -0.140. The van der Waals surface area contributed by atoms with E-state index in [0.717, 1.165) is 6.07 Å². The lowest BCUT2D eigenvalue weighted by Crippen LogP contribution is -2.26. The first-order chi connectivity index (χ1) is 9.44. The molecule has 2 nitrogen and oxygen atoms in total. The van der Waals surface area contributed by atoms with Crippen LogP contribution in [0.2, 0.25) is 0 Å². The molecule has 0 saturated heterocycles. The van der Waals surface area contributed by atoms with Gasteiger partial charge in [-0.1, -0.05) is 23.5 Å². The molecule has 0 amide bonds. The smallest absolute Gasteiger partial charge is 0.419 e. The summed E-state index contributed by atoms with van der Waals surface area (Å²) in [5.74, 6) is -2.02. The van der Waals surface area contributed by atoms with Gasteiger partial charge in [0.15, 0.2) is 0 Å². The van der Waals surface area contributed by atoms with E-state index in [1.165, 1.54) is 19.2 Å². The van der Waals surface area contributed by atoms with E-state index >= 15 is 0 Å². The maximum Gasteiger partial charge on any atom is 0.419 e. The van der Waals surface area contributed by atoms with Crippen LogP contribution in [0, 0.1) is 5.82 Å². The fraction of sp³-hybridized carbons (Fsp3) is 0.500. The average Bonchev–Trinajstić information content (AvgIpc) is 2.33. The van der Waals surface area contributed by atoms with E-state index in [1.54, 1.807) is 20.8 Å². The van der Waals surface area contributed by atoms with Crippen LogP contribution in [0.5, 0.6) is 0 Å². The highest BCUT2D eigenvalue weighted by Gasteiger charge is 2.35. The Morgan fingerprint density at radius 1 is 1.24 bits per heavy atom. The second-order valence-corrected chi connectivity index (χ2v) is 7.55. The van der Waals surface area contributed by atoms with Gasteiger partial charge < -0.3 is 4.55 Å². The van der Waals surface area contributed by atoms with Crippen LogP contribution in [-0.2, 0) is 17.5 Å². The third-order valence-corrected chi connectivity index (χ3v) is 4.09. The molecular weight excluding hydrogens is 306 g/mol. The minimum absolute atomic E-state index is 0.125. The summed E-state index contributed by atoms with van der Waals surface area (Å²) in [5.41, 5.74) is -1.43. The van der Waals surface area contributed by atoms with E-state index in [9.17, 15) is 22.1 Å². The molecule has 0 N–H and O–H groups in total. The molecule has 1 rings (SSSR count). The topological polar surface area (TPSA) is 35.4 Å². The molecule has 1 aromatic carbocycles. The molecular formula is C14H17F4NOS. The molecule has 0 fully saturated rings. The van der Waals surface area contributed by atoms with Crippen molar-refractivity contribution >= 4 is 17.6 Å². The second kappa shape index (κ2) is 6.36. The molecule has 118 valence electrons. The Hall–Kier alpha value is -1.08. The van der Waals surface area contributed by atoms with Gasteiger partial charge >= 0.3 is 6.18 Å². The largest absolute Gasteiger partial charge is 0.591 e. The van der Waals surface area contributed by atoms with Crippen molar-refractivity contribution in [2.24, 2.45) is 4.40 Å². The lowest BCUT2D eigenvalue weighted by atomic mass is 9.99. The van der Waals surface area contributed by atoms with Crippen molar-refractivity contribution in [3.63, 3.8) is 0 Å². The summed E-state index contributed by atoms with van der Waals surface area (Å²) in [5, 5.41) is 0. The Morgan fingerprint density at radius 2 is 1.81 bits per heavy atom. The van der Waals surface area contributed by atoms with Gasteiger partial charge in [0.1, 0.15) is 21.9 Å². The number of alkyl halides is 3. The van der Waals surface area contributed by atoms with Gasteiger partial charge in [0.05, 0.1) is 11.8 Å². The second-order valence-electron chi connectivity index (χ2n) is 5.61. The molecule has 0 aromatic heterocycles. The lowest BCUT2D eigenvalue weighted by Gasteiger charge is -2.18. The van der Waals surface area contributed by atoms with Gasteiger partial charge in [0.2, 0.25) is 0 Å². The highest BCUT2D eigenvalue weighted by Crippen LogP contribution is 2.34. The molecule has 0 bridgehead atoms. The van der Waals surface area contributed by atoms with Crippen molar-refractivity contribution < 1.29 is 22.1 Å². The molecule has 0 spiro atoms. The first-order valence-corrected chi connectivity index (χ1v) is 7.37. The van der Waals surface area contributed by atoms with Crippen molar-refractivity contribution in [1.82, 2.24) is 0 Å². The van der Waals surface area contributed by atoms with Crippen molar-refractivity contribution in [3.8, 4) is 0 Å². The number of rotatable bonds is 3. The van der Waals surface area contributed by atoms with Gasteiger partial charge in [-0.05, 0) is 32.4 Å². The number of nitrogens with zero attached hydrogens (tertiary/aromatic N) is 1. The number of hydrogen-bond donors (Lipinski definition) is 0. The van der Waals surface area contributed by atoms with Crippen LogP contribution in [0.4, 0.5) is 17.6 Å². The van der Waals surface area contributed by atoms with Gasteiger partial charge in [-0.3, -0.25) is 0 Å². The minimum Gasteiger partial charge on any atom is -0.591 e. The van der Waals surface area contributed by atoms with Gasteiger partial charge in [0, 0.05) is 5.92 Å². The summed E-state index contributed by atoms with van der Waals surface area (Å²) in [6.07, 6.45) is -3.52. The zero-order valence-corrected chi connectivity index (χ0v) is 13.0. The predicted molar refractivity (Wildman–Crippen MR) is 76.2 cm³/mol. The Labute approximate surface area is 124 Å². The zero-order valence-electron chi connectivity index (χ0n) is 12.2. The molecule has 0 radical (unpaired) electrons. The molecule has 7 heteroatoms. The molecule has 2 unspecified atom stereocenters. The summed E-state index contributed by atoms with van der Waals surface area (Å²) in [6.45, 7) is 6.66. The van der Waals surface area contributed by atoms with Crippen molar-refractivity contribution in [2.75, 3.05) is 0 Å². The maximum atomic E-state index is 13.9. The highest BCUT2D eigenvalue weighted by molar-refractivity contribution is 7.91. The van der Waals surface area contributed by atoms with Gasteiger partial charge in [0.25, 0.3) is 0 Å². The van der Waals surface area contributed by atoms with Gasteiger partial charge in [-0.25, -0.2) is 4.39 Å². The number of hydrogen-bond acceptors (Lipinski definition) is 2. The summed E-state index contributed by atoms with van der Waals surface area (Å²) in [4.78, 5) is 0. The average molecular weight is 323 g/mol. The monoisotopic (exact) mass is 323 g/mol. The number of benzene rings is 1. The van der Waals surface area contributed by atoms with E-state index in [0.29, 0.717) is 6.07 Å². The van der Waals surface area contributed by atoms with Crippen LogP contribution in [0.15, 0.2) is 22.6 Å². The van der Waals surface area contributed by atoms with E-state index in [-0.39, 0.29) is 5.56 Å². The molecule has 0 aliphatic heterocycles. The van der Waals surface area contributed by atoms with E-state index in [2.05, 4.69) is 4.40 Å². The standard InChI is InChI=1S/C14H17F4NOS/c1-9(8-19-21(20)13(2,3)4)10-6-5-7-11(12(10)15)14(16,17)18/h5-9H,1-4H3. The normalized spacial score (nSPS) is 16.2. The number of halogens is 4. The Morgan fingerprint density at radius 3 is 2.29 bits per heavy atom. The molecule has 0 saturated carbocycles. The van der Waals surface area contributed by atoms with E-state index < -0.39 is 39.6 Å². The summed E-state index contributed by atoms with van der Waals surface area (Å²) in [6, 6.07) is 3.10. The summed E-state index contributed by atoms with van der Waals surface area (Å²) >= 11 is -1.54. The van der Waals surface area contributed by atoms with Crippen molar-refractivity contribution in [1.29, 1.82) is 0 Å². The predicted octanol–water partition coefficient (Wildman–Crippen LogP) is 4.48.